The fraction of sp³-hybridized carbons (Fsp3) is 0. The van der Waals surface area contributed by atoms with Crippen LogP contribution < -0.4 is 0 Å². The topological polar surface area (TPSA) is 34.4 Å². The van der Waals surface area contributed by atoms with E-state index >= 15 is 0 Å². The number of aldehydes is 1. The lowest BCUT2D eigenvalue weighted by Gasteiger charge is -1.99. The molecule has 0 atom stereocenters. The summed E-state index contributed by atoms with van der Waals surface area (Å²) in [4.78, 5) is 16.2. The molecule has 0 aromatic carbocycles. The summed E-state index contributed by atoms with van der Waals surface area (Å²) in [5, 5.41) is 2.01. The quantitative estimate of drug-likeness (QED) is 0.632. The highest BCUT2D eigenvalue weighted by Crippen LogP contribution is 2.24. The van der Waals surface area contributed by atoms with Crippen molar-refractivity contribution >= 4 is 23.1 Å². The van der Waals surface area contributed by atoms with E-state index in [4.69, 9.17) is 0 Å². The summed E-state index contributed by atoms with van der Waals surface area (Å²) in [5.41, 5.74) is 1.65. The van der Waals surface area contributed by atoms with Gasteiger partial charge in [0.15, 0.2) is 12.1 Å². The van der Waals surface area contributed by atoms with Gasteiger partial charge in [-0.15, -0.1) is 11.3 Å². The molecule has 3 nitrogen and oxygen atoms in total. The first-order chi connectivity index (χ1) is 7.88. The molecule has 0 saturated heterocycles. The van der Waals surface area contributed by atoms with Gasteiger partial charge in [0.2, 0.25) is 0 Å². The van der Waals surface area contributed by atoms with Crippen LogP contribution in [0.15, 0.2) is 42.0 Å². The van der Waals surface area contributed by atoms with Gasteiger partial charge < -0.3 is 0 Å². The van der Waals surface area contributed by atoms with Crippen molar-refractivity contribution in [2.75, 3.05) is 0 Å². The number of carbonyl (C=O) groups excluding carboxylic acids is 1. The van der Waals surface area contributed by atoms with Crippen LogP contribution in [-0.2, 0) is 0 Å². The highest BCUT2D eigenvalue weighted by molar-refractivity contribution is 7.13. The average Bonchev–Trinajstić information content (AvgIpc) is 2.96. The Hall–Kier alpha value is -1.94. The number of hydrogen-bond donors (Lipinski definition) is 0. The van der Waals surface area contributed by atoms with Crippen molar-refractivity contribution in [1.29, 1.82) is 0 Å². The van der Waals surface area contributed by atoms with Gasteiger partial charge in [-0.3, -0.25) is 9.20 Å². The van der Waals surface area contributed by atoms with Crippen LogP contribution >= 0.6 is 11.3 Å². The number of hydrogen-bond acceptors (Lipinski definition) is 3. The number of thiophene rings is 1. The zero-order chi connectivity index (χ0) is 11.0. The van der Waals surface area contributed by atoms with Crippen molar-refractivity contribution in [3.8, 4) is 10.7 Å². The Balaban J connectivity index is 2.29. The van der Waals surface area contributed by atoms with Crippen LogP contribution in [0.1, 0.15) is 10.4 Å². The Morgan fingerprint density at radius 2 is 2.25 bits per heavy atom. The summed E-state index contributed by atoms with van der Waals surface area (Å²) in [5.74, 6) is 0.883. The predicted octanol–water partition coefficient (Wildman–Crippen LogP) is 2.88. The van der Waals surface area contributed by atoms with Gasteiger partial charge in [0.1, 0.15) is 0 Å². The molecule has 0 N–H and O–H groups in total. The number of imidazole rings is 1. The standard InChI is InChI=1S/C12H8N2OS/c15-8-9-3-4-10-6-13-12(14(10)7-9)11-2-1-5-16-11/h1-8H. The van der Waals surface area contributed by atoms with Gasteiger partial charge in [-0.25, -0.2) is 4.98 Å². The van der Waals surface area contributed by atoms with Crippen LogP contribution in [0.25, 0.3) is 16.2 Å². The highest BCUT2D eigenvalue weighted by Gasteiger charge is 2.07. The lowest BCUT2D eigenvalue weighted by molar-refractivity contribution is 0.112. The molecule has 3 aromatic rings. The zero-order valence-electron chi connectivity index (χ0n) is 8.33. The van der Waals surface area contributed by atoms with E-state index in [1.165, 1.54) is 0 Å². The minimum atomic E-state index is 0.656. The van der Waals surface area contributed by atoms with Crippen LogP contribution in [0.2, 0.25) is 0 Å². The molecule has 16 heavy (non-hydrogen) atoms. The summed E-state index contributed by atoms with van der Waals surface area (Å²) >= 11 is 1.64. The second-order valence-electron chi connectivity index (χ2n) is 3.43. The van der Waals surface area contributed by atoms with E-state index in [0.717, 1.165) is 22.5 Å². The number of aromatic nitrogens is 2. The Kier molecular flexibility index (Phi) is 2.08. The number of carbonyl (C=O) groups is 1. The molecule has 0 aliphatic carbocycles. The zero-order valence-corrected chi connectivity index (χ0v) is 9.15. The summed E-state index contributed by atoms with van der Waals surface area (Å²) in [6, 6.07) is 7.70. The third-order valence-corrected chi connectivity index (χ3v) is 3.29. The Bertz CT molecular complexity index is 640. The van der Waals surface area contributed by atoms with E-state index in [2.05, 4.69) is 4.98 Å². The van der Waals surface area contributed by atoms with Crippen LogP contribution in [0.4, 0.5) is 0 Å². The molecule has 3 heterocycles. The minimum Gasteiger partial charge on any atom is -0.298 e. The van der Waals surface area contributed by atoms with Crippen LogP contribution in [0, 0.1) is 0 Å². The fourth-order valence-electron chi connectivity index (χ4n) is 1.66. The maximum Gasteiger partial charge on any atom is 0.154 e. The van der Waals surface area contributed by atoms with Gasteiger partial charge in [-0.2, -0.15) is 0 Å². The third kappa shape index (κ3) is 1.35. The SMILES string of the molecule is O=Cc1ccc2cnc(-c3cccs3)n2c1. The Morgan fingerprint density at radius 1 is 1.31 bits per heavy atom. The second kappa shape index (κ2) is 3.57. The molecule has 0 radical (unpaired) electrons. The largest absolute Gasteiger partial charge is 0.298 e. The molecule has 0 fully saturated rings. The van der Waals surface area contributed by atoms with Crippen molar-refractivity contribution in [2.24, 2.45) is 0 Å². The average molecular weight is 228 g/mol. The van der Waals surface area contributed by atoms with E-state index < -0.39 is 0 Å². The first-order valence-corrected chi connectivity index (χ1v) is 5.72. The molecule has 0 bridgehead atoms. The van der Waals surface area contributed by atoms with Crippen molar-refractivity contribution in [2.45, 2.75) is 0 Å². The molecule has 3 aromatic heterocycles. The fourth-order valence-corrected chi connectivity index (χ4v) is 2.38. The highest BCUT2D eigenvalue weighted by atomic mass is 32.1. The molecular weight excluding hydrogens is 220 g/mol. The van der Waals surface area contributed by atoms with E-state index in [9.17, 15) is 4.79 Å². The number of fused-ring (bicyclic) bond motifs is 1. The summed E-state index contributed by atoms with van der Waals surface area (Å²) in [6.07, 6.45) is 4.46. The normalized spacial score (nSPS) is 10.8. The lowest BCUT2D eigenvalue weighted by Crippen LogP contribution is -1.90. The third-order valence-electron chi connectivity index (χ3n) is 2.43. The molecule has 4 heteroatoms. The summed E-state index contributed by atoms with van der Waals surface area (Å²) in [7, 11) is 0. The van der Waals surface area contributed by atoms with E-state index in [-0.39, 0.29) is 0 Å². The molecular formula is C12H8N2OS. The molecule has 0 aliphatic heterocycles. The number of pyridine rings is 1. The molecule has 0 aliphatic rings. The van der Waals surface area contributed by atoms with E-state index in [0.29, 0.717) is 5.56 Å². The minimum absolute atomic E-state index is 0.656. The van der Waals surface area contributed by atoms with Gasteiger partial charge in [0, 0.05) is 11.8 Å². The molecule has 78 valence electrons. The molecule has 3 rings (SSSR count). The number of rotatable bonds is 2. The van der Waals surface area contributed by atoms with Gasteiger partial charge in [0.05, 0.1) is 16.6 Å². The molecule has 0 saturated carbocycles. The van der Waals surface area contributed by atoms with E-state index in [1.54, 1.807) is 17.4 Å². The summed E-state index contributed by atoms with van der Waals surface area (Å²) < 4.78 is 1.94. The second-order valence-corrected chi connectivity index (χ2v) is 4.38. The van der Waals surface area contributed by atoms with Gasteiger partial charge in [0.25, 0.3) is 0 Å². The maximum atomic E-state index is 10.7. The van der Waals surface area contributed by atoms with Crippen LogP contribution in [0.5, 0.6) is 0 Å². The van der Waals surface area contributed by atoms with Crippen molar-refractivity contribution in [3.63, 3.8) is 0 Å². The molecule has 0 amide bonds. The Labute approximate surface area is 96.0 Å². The Morgan fingerprint density at radius 3 is 3.00 bits per heavy atom. The summed E-state index contributed by atoms with van der Waals surface area (Å²) in [6.45, 7) is 0. The van der Waals surface area contributed by atoms with Crippen molar-refractivity contribution < 1.29 is 4.79 Å². The van der Waals surface area contributed by atoms with Gasteiger partial charge >= 0.3 is 0 Å². The maximum absolute atomic E-state index is 10.7. The molecule has 0 spiro atoms. The first kappa shape index (κ1) is 9.30. The smallest absolute Gasteiger partial charge is 0.154 e. The van der Waals surface area contributed by atoms with E-state index in [1.807, 2.05) is 40.4 Å². The van der Waals surface area contributed by atoms with Crippen molar-refractivity contribution in [1.82, 2.24) is 9.38 Å². The lowest BCUT2D eigenvalue weighted by atomic mass is 10.3. The van der Waals surface area contributed by atoms with Crippen molar-refractivity contribution in [3.05, 3.63) is 47.6 Å². The van der Waals surface area contributed by atoms with Gasteiger partial charge in [-0.1, -0.05) is 6.07 Å². The monoisotopic (exact) mass is 228 g/mol. The molecule has 0 unspecified atom stereocenters. The number of nitrogens with zero attached hydrogens (tertiary/aromatic N) is 2. The first-order valence-electron chi connectivity index (χ1n) is 4.84. The van der Waals surface area contributed by atoms with Crippen LogP contribution in [0.3, 0.4) is 0 Å². The van der Waals surface area contributed by atoms with Crippen LogP contribution in [-0.4, -0.2) is 15.7 Å². The predicted molar refractivity (Wildman–Crippen MR) is 63.9 cm³/mol. The van der Waals surface area contributed by atoms with Gasteiger partial charge in [-0.05, 0) is 23.6 Å².